The molecule has 3 aromatic rings. The molecule has 0 unspecified atom stereocenters. The second-order valence-corrected chi connectivity index (χ2v) is 12.1. The fourth-order valence-corrected chi connectivity index (χ4v) is 6.00. The van der Waals surface area contributed by atoms with Crippen LogP contribution in [0.5, 0.6) is 0 Å². The predicted molar refractivity (Wildman–Crippen MR) is 160 cm³/mol. The van der Waals surface area contributed by atoms with Gasteiger partial charge in [-0.2, -0.15) is 0 Å². The third-order valence-electron chi connectivity index (χ3n) is 7.18. The normalized spacial score (nSPS) is 12.8. The lowest BCUT2D eigenvalue weighted by atomic mass is 10.1. The van der Waals surface area contributed by atoms with E-state index in [-0.39, 0.29) is 23.4 Å². The highest BCUT2D eigenvalue weighted by Gasteiger charge is 2.34. The number of anilines is 1. The van der Waals surface area contributed by atoms with Crippen LogP contribution in [0.3, 0.4) is 0 Å². The molecule has 0 saturated heterocycles. The third-order valence-corrected chi connectivity index (χ3v) is 8.96. The number of nitrogens with zero attached hydrogens (tertiary/aromatic N) is 2. The highest BCUT2D eigenvalue weighted by Crippen LogP contribution is 2.28. The molecular formula is C32H40FN3O4S. The zero-order chi connectivity index (χ0) is 30.2. The van der Waals surface area contributed by atoms with E-state index in [4.69, 9.17) is 0 Å². The summed E-state index contributed by atoms with van der Waals surface area (Å²) in [6.45, 7) is 8.93. The van der Waals surface area contributed by atoms with E-state index >= 15 is 0 Å². The summed E-state index contributed by atoms with van der Waals surface area (Å²) >= 11 is 0. The number of benzene rings is 3. The molecule has 3 aromatic carbocycles. The largest absolute Gasteiger partial charge is 0.352 e. The van der Waals surface area contributed by atoms with Gasteiger partial charge in [0.05, 0.1) is 10.6 Å². The molecule has 2 atom stereocenters. The number of rotatable bonds is 13. The van der Waals surface area contributed by atoms with Crippen LogP contribution in [-0.2, 0) is 32.6 Å². The Kier molecular flexibility index (Phi) is 11.1. The summed E-state index contributed by atoms with van der Waals surface area (Å²) < 4.78 is 42.9. The van der Waals surface area contributed by atoms with Gasteiger partial charge in [-0.25, -0.2) is 12.8 Å². The lowest BCUT2D eigenvalue weighted by Crippen LogP contribution is -2.53. The van der Waals surface area contributed by atoms with Crippen molar-refractivity contribution in [1.82, 2.24) is 10.2 Å². The Hall–Kier alpha value is -3.72. The maximum atomic E-state index is 14.2. The first-order valence-electron chi connectivity index (χ1n) is 14.0. The molecule has 9 heteroatoms. The number of carbonyl (C=O) groups is 2. The van der Waals surface area contributed by atoms with Gasteiger partial charge in [-0.15, -0.1) is 0 Å². The van der Waals surface area contributed by atoms with Crippen LogP contribution >= 0.6 is 0 Å². The van der Waals surface area contributed by atoms with Crippen molar-refractivity contribution >= 4 is 27.5 Å². The Bertz CT molecular complexity index is 1430. The second kappa shape index (κ2) is 14.3. The van der Waals surface area contributed by atoms with E-state index in [1.807, 2.05) is 39.8 Å². The molecule has 0 saturated carbocycles. The Labute approximate surface area is 243 Å². The van der Waals surface area contributed by atoms with Crippen LogP contribution in [0.1, 0.15) is 57.2 Å². The van der Waals surface area contributed by atoms with Crippen molar-refractivity contribution in [3.8, 4) is 0 Å². The molecule has 0 aliphatic rings. The van der Waals surface area contributed by atoms with E-state index < -0.39 is 34.3 Å². The maximum absolute atomic E-state index is 14.2. The fraction of sp³-hybridized carbons (Fsp3) is 0.375. The van der Waals surface area contributed by atoms with Crippen LogP contribution in [0.2, 0.25) is 0 Å². The Morgan fingerprint density at radius 1 is 0.902 bits per heavy atom. The van der Waals surface area contributed by atoms with Crippen LogP contribution in [0.15, 0.2) is 77.7 Å². The molecule has 220 valence electrons. The van der Waals surface area contributed by atoms with Crippen LogP contribution in [0, 0.1) is 12.7 Å². The van der Waals surface area contributed by atoms with Gasteiger partial charge in [-0.3, -0.25) is 13.9 Å². The minimum Gasteiger partial charge on any atom is -0.352 e. The number of amides is 2. The van der Waals surface area contributed by atoms with Crippen molar-refractivity contribution in [2.24, 2.45) is 0 Å². The van der Waals surface area contributed by atoms with Gasteiger partial charge in [0.15, 0.2) is 0 Å². The number of aryl methyl sites for hydroxylation is 2. The number of hydrogen-bond acceptors (Lipinski definition) is 4. The van der Waals surface area contributed by atoms with E-state index in [2.05, 4.69) is 5.32 Å². The van der Waals surface area contributed by atoms with Gasteiger partial charge in [0.2, 0.25) is 11.8 Å². The van der Waals surface area contributed by atoms with Crippen LogP contribution in [0.25, 0.3) is 0 Å². The first kappa shape index (κ1) is 31.8. The number of sulfonamides is 1. The summed E-state index contributed by atoms with van der Waals surface area (Å²) in [5, 5.41) is 2.95. The Balaban J connectivity index is 2.09. The van der Waals surface area contributed by atoms with E-state index in [0.717, 1.165) is 15.4 Å². The van der Waals surface area contributed by atoms with Gasteiger partial charge >= 0.3 is 0 Å². The van der Waals surface area contributed by atoms with Gasteiger partial charge in [-0.05, 0) is 74.6 Å². The molecule has 0 heterocycles. The molecule has 2 amide bonds. The summed E-state index contributed by atoms with van der Waals surface area (Å²) in [6.07, 6.45) is 1.58. The molecule has 41 heavy (non-hydrogen) atoms. The number of nitrogens with one attached hydrogen (secondary N) is 1. The third kappa shape index (κ3) is 7.94. The summed E-state index contributed by atoms with van der Waals surface area (Å²) in [5.41, 5.74) is 2.70. The molecule has 0 aromatic heterocycles. The topological polar surface area (TPSA) is 86.8 Å². The van der Waals surface area contributed by atoms with Crippen molar-refractivity contribution in [2.75, 3.05) is 10.8 Å². The Morgan fingerprint density at radius 3 is 2.12 bits per heavy atom. The van der Waals surface area contributed by atoms with Crippen molar-refractivity contribution < 1.29 is 22.4 Å². The summed E-state index contributed by atoms with van der Waals surface area (Å²) in [7, 11) is -4.15. The molecule has 0 aliphatic carbocycles. The molecule has 0 spiro atoms. The predicted octanol–water partition coefficient (Wildman–Crippen LogP) is 5.61. The van der Waals surface area contributed by atoms with Gasteiger partial charge in [0.25, 0.3) is 10.0 Å². The fourth-order valence-electron chi connectivity index (χ4n) is 4.55. The summed E-state index contributed by atoms with van der Waals surface area (Å²) in [4.78, 5) is 29.0. The average molecular weight is 582 g/mol. The standard InChI is InChI=1S/C32H40FN3O4S/c1-6-24(5)34-32(38)29(8-3)35(21-25-15-17-27(33)18-16-25)31(37)22-36(30-12-10-9-11-26(30)7-2)41(39,40)28-19-13-23(4)14-20-28/h9-20,24,29H,6-8,21-22H2,1-5H3,(H,34,38)/t24-,29-/m0/s1. The van der Waals surface area contributed by atoms with E-state index in [9.17, 15) is 22.4 Å². The van der Waals surface area contributed by atoms with Crippen LogP contribution < -0.4 is 9.62 Å². The molecule has 0 aliphatic heterocycles. The van der Waals surface area contributed by atoms with E-state index in [1.54, 1.807) is 43.3 Å². The first-order valence-corrected chi connectivity index (χ1v) is 15.5. The lowest BCUT2D eigenvalue weighted by Gasteiger charge is -2.34. The zero-order valence-corrected chi connectivity index (χ0v) is 25.2. The molecule has 0 fully saturated rings. The van der Waals surface area contributed by atoms with Gasteiger partial charge < -0.3 is 10.2 Å². The number of halogens is 1. The smallest absolute Gasteiger partial charge is 0.264 e. The highest BCUT2D eigenvalue weighted by atomic mass is 32.2. The SMILES string of the molecule is CCc1ccccc1N(CC(=O)N(Cc1ccc(F)cc1)[C@@H](CC)C(=O)N[C@@H](C)CC)S(=O)(=O)c1ccc(C)cc1. The second-order valence-electron chi connectivity index (χ2n) is 10.2. The minimum atomic E-state index is -4.15. The number of para-hydroxylation sites is 1. The van der Waals surface area contributed by atoms with Gasteiger partial charge in [0.1, 0.15) is 18.4 Å². The van der Waals surface area contributed by atoms with Crippen molar-refractivity contribution in [1.29, 1.82) is 0 Å². The highest BCUT2D eigenvalue weighted by molar-refractivity contribution is 7.92. The van der Waals surface area contributed by atoms with E-state index in [0.29, 0.717) is 30.5 Å². The first-order chi connectivity index (χ1) is 19.5. The van der Waals surface area contributed by atoms with E-state index in [1.165, 1.54) is 29.2 Å². The van der Waals surface area contributed by atoms with Crippen molar-refractivity contribution in [2.45, 2.75) is 77.4 Å². The van der Waals surface area contributed by atoms with Crippen molar-refractivity contribution in [3.05, 3.63) is 95.3 Å². The molecule has 0 bridgehead atoms. The summed E-state index contributed by atoms with van der Waals surface area (Å²) in [6, 6.07) is 18.3. The summed E-state index contributed by atoms with van der Waals surface area (Å²) in [5.74, 6) is -1.28. The molecular weight excluding hydrogens is 541 g/mol. The monoisotopic (exact) mass is 581 g/mol. The van der Waals surface area contributed by atoms with Crippen LogP contribution in [0.4, 0.5) is 10.1 Å². The zero-order valence-electron chi connectivity index (χ0n) is 24.4. The van der Waals surface area contributed by atoms with Gasteiger partial charge in [-0.1, -0.05) is 68.8 Å². The lowest BCUT2D eigenvalue weighted by molar-refractivity contribution is -0.140. The van der Waals surface area contributed by atoms with Crippen LogP contribution in [-0.4, -0.2) is 43.8 Å². The molecule has 0 radical (unpaired) electrons. The van der Waals surface area contributed by atoms with Crippen molar-refractivity contribution in [3.63, 3.8) is 0 Å². The minimum absolute atomic E-state index is 0.0133. The number of carbonyl (C=O) groups excluding carboxylic acids is 2. The molecule has 3 rings (SSSR count). The molecule has 7 nitrogen and oxygen atoms in total. The quantitative estimate of drug-likeness (QED) is 0.284. The Morgan fingerprint density at radius 2 is 1.54 bits per heavy atom. The number of hydrogen-bond donors (Lipinski definition) is 1. The average Bonchev–Trinajstić information content (AvgIpc) is 2.96. The maximum Gasteiger partial charge on any atom is 0.264 e. The van der Waals surface area contributed by atoms with Gasteiger partial charge in [0, 0.05) is 12.6 Å². The molecule has 1 N–H and O–H groups in total.